The highest BCUT2D eigenvalue weighted by atomic mass is 79.9. The minimum absolute atomic E-state index is 0.312. The van der Waals surface area contributed by atoms with Gasteiger partial charge >= 0.3 is 0 Å². The Morgan fingerprint density at radius 2 is 2.27 bits per heavy atom. The zero-order valence-corrected chi connectivity index (χ0v) is 9.42. The average molecular weight is 272 g/mol. The van der Waals surface area contributed by atoms with Gasteiger partial charge in [-0.25, -0.2) is 9.37 Å². The van der Waals surface area contributed by atoms with Gasteiger partial charge in [0.2, 0.25) is 0 Å². The number of aromatic nitrogens is 1. The SMILES string of the molecule is COc1ccc(F)c(-c2cnco2)c1Br. The van der Waals surface area contributed by atoms with Crippen LogP contribution in [0, 0.1) is 5.82 Å². The van der Waals surface area contributed by atoms with Crippen molar-refractivity contribution in [3.63, 3.8) is 0 Å². The summed E-state index contributed by atoms with van der Waals surface area (Å²) in [6.45, 7) is 0. The third-order valence-corrected chi connectivity index (χ3v) is 2.74. The second-order valence-electron chi connectivity index (χ2n) is 2.80. The van der Waals surface area contributed by atoms with E-state index in [1.54, 1.807) is 6.07 Å². The molecule has 78 valence electrons. The maximum absolute atomic E-state index is 13.6. The Hall–Kier alpha value is -1.36. The highest BCUT2D eigenvalue weighted by molar-refractivity contribution is 9.10. The van der Waals surface area contributed by atoms with Gasteiger partial charge in [0.15, 0.2) is 12.2 Å². The number of hydrogen-bond donors (Lipinski definition) is 0. The number of hydrogen-bond acceptors (Lipinski definition) is 3. The standard InChI is InChI=1S/C10H7BrFNO2/c1-14-7-3-2-6(12)9(10(7)11)8-4-13-5-15-8/h2-5H,1H3. The van der Waals surface area contributed by atoms with Crippen molar-refractivity contribution in [3.05, 3.63) is 35.0 Å². The zero-order chi connectivity index (χ0) is 10.8. The molecule has 0 unspecified atom stereocenters. The largest absolute Gasteiger partial charge is 0.496 e. The van der Waals surface area contributed by atoms with Crippen LogP contribution in [0.25, 0.3) is 11.3 Å². The van der Waals surface area contributed by atoms with Crippen molar-refractivity contribution in [2.24, 2.45) is 0 Å². The van der Waals surface area contributed by atoms with Crippen LogP contribution in [0.5, 0.6) is 5.75 Å². The van der Waals surface area contributed by atoms with E-state index < -0.39 is 0 Å². The fourth-order valence-electron chi connectivity index (χ4n) is 1.26. The molecule has 2 rings (SSSR count). The Morgan fingerprint density at radius 3 is 2.87 bits per heavy atom. The maximum atomic E-state index is 13.6. The molecule has 0 saturated heterocycles. The van der Waals surface area contributed by atoms with Crippen LogP contribution in [-0.2, 0) is 0 Å². The predicted molar refractivity (Wildman–Crippen MR) is 56.1 cm³/mol. The van der Waals surface area contributed by atoms with Gasteiger partial charge in [-0.2, -0.15) is 0 Å². The molecule has 1 aromatic carbocycles. The molecule has 0 bridgehead atoms. The number of nitrogens with zero attached hydrogens (tertiary/aromatic N) is 1. The number of benzene rings is 1. The van der Waals surface area contributed by atoms with E-state index in [-0.39, 0.29) is 5.82 Å². The minimum Gasteiger partial charge on any atom is -0.496 e. The summed E-state index contributed by atoms with van der Waals surface area (Å²) in [4.78, 5) is 3.74. The van der Waals surface area contributed by atoms with E-state index in [1.165, 1.54) is 25.8 Å². The molecular weight excluding hydrogens is 265 g/mol. The van der Waals surface area contributed by atoms with Crippen molar-refractivity contribution in [1.29, 1.82) is 0 Å². The summed E-state index contributed by atoms with van der Waals surface area (Å²) in [6, 6.07) is 2.86. The quantitative estimate of drug-likeness (QED) is 0.841. The van der Waals surface area contributed by atoms with Gasteiger partial charge in [-0.05, 0) is 28.1 Å². The molecule has 5 heteroatoms. The highest BCUT2D eigenvalue weighted by Crippen LogP contribution is 2.37. The smallest absolute Gasteiger partial charge is 0.181 e. The number of ether oxygens (including phenoxy) is 1. The molecule has 0 spiro atoms. The second kappa shape index (κ2) is 4.02. The van der Waals surface area contributed by atoms with Crippen LogP contribution in [-0.4, -0.2) is 12.1 Å². The van der Waals surface area contributed by atoms with Crippen molar-refractivity contribution >= 4 is 15.9 Å². The van der Waals surface area contributed by atoms with E-state index in [1.807, 2.05) is 0 Å². The summed E-state index contributed by atoms with van der Waals surface area (Å²) in [5.41, 5.74) is 0.312. The number of methoxy groups -OCH3 is 1. The van der Waals surface area contributed by atoms with E-state index in [0.29, 0.717) is 21.5 Å². The molecule has 0 aliphatic heterocycles. The first-order chi connectivity index (χ1) is 7.24. The Bertz CT molecular complexity index is 471. The van der Waals surface area contributed by atoms with Gasteiger partial charge in [-0.3, -0.25) is 0 Å². The van der Waals surface area contributed by atoms with Crippen molar-refractivity contribution in [2.75, 3.05) is 7.11 Å². The Kier molecular flexibility index (Phi) is 2.73. The predicted octanol–water partition coefficient (Wildman–Crippen LogP) is 3.25. The van der Waals surface area contributed by atoms with Crippen LogP contribution in [0.15, 0.2) is 33.6 Å². The molecular formula is C10H7BrFNO2. The van der Waals surface area contributed by atoms with Gasteiger partial charge in [0, 0.05) is 0 Å². The second-order valence-corrected chi connectivity index (χ2v) is 3.60. The molecule has 0 atom stereocenters. The van der Waals surface area contributed by atoms with Crippen molar-refractivity contribution in [2.45, 2.75) is 0 Å². The van der Waals surface area contributed by atoms with Crippen LogP contribution < -0.4 is 4.74 Å². The lowest BCUT2D eigenvalue weighted by atomic mass is 10.1. The molecule has 0 fully saturated rings. The van der Waals surface area contributed by atoms with Crippen LogP contribution in [0.1, 0.15) is 0 Å². The molecule has 0 radical (unpaired) electrons. The van der Waals surface area contributed by atoms with E-state index in [2.05, 4.69) is 20.9 Å². The molecule has 15 heavy (non-hydrogen) atoms. The summed E-state index contributed by atoms with van der Waals surface area (Å²) < 4.78 is 24.2. The van der Waals surface area contributed by atoms with Gasteiger partial charge < -0.3 is 9.15 Å². The molecule has 0 aliphatic rings. The van der Waals surface area contributed by atoms with Crippen LogP contribution in [0.4, 0.5) is 4.39 Å². The molecule has 2 aromatic rings. The third kappa shape index (κ3) is 1.74. The van der Waals surface area contributed by atoms with E-state index >= 15 is 0 Å². The lowest BCUT2D eigenvalue weighted by molar-refractivity contribution is 0.411. The molecule has 1 heterocycles. The van der Waals surface area contributed by atoms with Gasteiger partial charge in [0.1, 0.15) is 11.6 Å². The molecule has 0 saturated carbocycles. The van der Waals surface area contributed by atoms with Crippen molar-refractivity contribution in [1.82, 2.24) is 4.98 Å². The highest BCUT2D eigenvalue weighted by Gasteiger charge is 2.16. The summed E-state index contributed by atoms with van der Waals surface area (Å²) in [7, 11) is 1.52. The van der Waals surface area contributed by atoms with Crippen LogP contribution in [0.3, 0.4) is 0 Å². The van der Waals surface area contributed by atoms with Crippen molar-refractivity contribution < 1.29 is 13.5 Å². The van der Waals surface area contributed by atoms with E-state index in [9.17, 15) is 4.39 Å². The van der Waals surface area contributed by atoms with E-state index in [4.69, 9.17) is 9.15 Å². The molecule has 0 amide bonds. The van der Waals surface area contributed by atoms with Gasteiger partial charge in [-0.15, -0.1) is 0 Å². The monoisotopic (exact) mass is 271 g/mol. The van der Waals surface area contributed by atoms with Gasteiger partial charge in [0.25, 0.3) is 0 Å². The number of oxazole rings is 1. The fourth-order valence-corrected chi connectivity index (χ4v) is 1.93. The third-order valence-electron chi connectivity index (χ3n) is 1.95. The topological polar surface area (TPSA) is 35.3 Å². The maximum Gasteiger partial charge on any atom is 0.181 e. The Balaban J connectivity index is 2.64. The lowest BCUT2D eigenvalue weighted by Gasteiger charge is -2.07. The minimum atomic E-state index is -0.389. The Morgan fingerprint density at radius 1 is 1.47 bits per heavy atom. The zero-order valence-electron chi connectivity index (χ0n) is 7.83. The summed E-state index contributed by atoms with van der Waals surface area (Å²) >= 11 is 3.26. The lowest BCUT2D eigenvalue weighted by Crippen LogP contribution is -1.90. The van der Waals surface area contributed by atoms with Crippen LogP contribution in [0.2, 0.25) is 0 Å². The first-order valence-corrected chi connectivity index (χ1v) is 4.94. The normalized spacial score (nSPS) is 10.3. The average Bonchev–Trinajstić information content (AvgIpc) is 2.71. The summed E-state index contributed by atoms with van der Waals surface area (Å²) in [5.74, 6) is 0.514. The fraction of sp³-hybridized carbons (Fsp3) is 0.100. The summed E-state index contributed by atoms with van der Waals surface area (Å²) in [6.07, 6.45) is 2.70. The Labute approximate surface area is 94.0 Å². The van der Waals surface area contributed by atoms with E-state index in [0.717, 1.165) is 0 Å². The first-order valence-electron chi connectivity index (χ1n) is 4.15. The van der Waals surface area contributed by atoms with Gasteiger partial charge in [-0.1, -0.05) is 0 Å². The molecule has 3 nitrogen and oxygen atoms in total. The first kappa shape index (κ1) is 10.2. The van der Waals surface area contributed by atoms with Gasteiger partial charge in [0.05, 0.1) is 23.3 Å². The number of halogens is 2. The molecule has 0 aliphatic carbocycles. The summed E-state index contributed by atoms with van der Waals surface area (Å²) in [5, 5.41) is 0. The number of rotatable bonds is 2. The van der Waals surface area contributed by atoms with Crippen molar-refractivity contribution in [3.8, 4) is 17.1 Å². The van der Waals surface area contributed by atoms with Crippen LogP contribution >= 0.6 is 15.9 Å². The molecule has 0 N–H and O–H groups in total. The molecule has 1 aromatic heterocycles.